The van der Waals surface area contributed by atoms with Gasteiger partial charge in [0.15, 0.2) is 12.0 Å². The number of nitrogens with zero attached hydrogens (tertiary/aromatic N) is 2. The summed E-state index contributed by atoms with van der Waals surface area (Å²) >= 11 is 0. The van der Waals surface area contributed by atoms with Crippen LogP contribution in [0.25, 0.3) is 21.9 Å². The molecule has 2 heterocycles. The van der Waals surface area contributed by atoms with Gasteiger partial charge in [-0.05, 0) is 17.5 Å². The van der Waals surface area contributed by atoms with E-state index >= 15 is 0 Å². The molecule has 13 heavy (non-hydrogen) atoms. The summed E-state index contributed by atoms with van der Waals surface area (Å²) in [6.07, 6.45) is 5.03. The van der Waals surface area contributed by atoms with Crippen LogP contribution in [0, 0.1) is 0 Å². The fourth-order valence-corrected chi connectivity index (χ4v) is 1.49. The Balaban J connectivity index is 2.65. The van der Waals surface area contributed by atoms with Gasteiger partial charge in [-0.25, -0.2) is 4.98 Å². The summed E-state index contributed by atoms with van der Waals surface area (Å²) in [6, 6.07) is 5.89. The lowest BCUT2D eigenvalue weighted by molar-refractivity contribution is 0.602. The summed E-state index contributed by atoms with van der Waals surface area (Å²) in [5, 5.41) is 2.17. The topological polar surface area (TPSA) is 38.9 Å². The van der Waals surface area contributed by atoms with E-state index < -0.39 is 0 Å². The van der Waals surface area contributed by atoms with E-state index in [2.05, 4.69) is 9.97 Å². The zero-order valence-electron chi connectivity index (χ0n) is 6.77. The quantitative estimate of drug-likeness (QED) is 0.520. The highest BCUT2D eigenvalue weighted by atomic mass is 16.3. The summed E-state index contributed by atoms with van der Waals surface area (Å²) in [5.74, 6) is 0. The molecular formula is C10H6N2O. The van der Waals surface area contributed by atoms with E-state index in [9.17, 15) is 0 Å². The van der Waals surface area contributed by atoms with Crippen LogP contribution in [0.1, 0.15) is 0 Å². The minimum atomic E-state index is 0.806. The molecule has 0 saturated carbocycles. The monoisotopic (exact) mass is 170 g/mol. The Morgan fingerprint density at radius 2 is 2.15 bits per heavy atom. The summed E-state index contributed by atoms with van der Waals surface area (Å²) in [5.41, 5.74) is 1.69. The van der Waals surface area contributed by atoms with Gasteiger partial charge >= 0.3 is 0 Å². The Bertz CT molecular complexity index is 571. The first-order valence-corrected chi connectivity index (χ1v) is 4.01. The summed E-state index contributed by atoms with van der Waals surface area (Å²) in [6.45, 7) is 0. The van der Waals surface area contributed by atoms with Gasteiger partial charge in [-0.3, -0.25) is 4.98 Å². The Morgan fingerprint density at radius 1 is 1.15 bits per heavy atom. The average Bonchev–Trinajstić information content (AvgIpc) is 2.65. The molecule has 0 fully saturated rings. The molecule has 0 radical (unpaired) electrons. The molecule has 3 aromatic rings. The number of fused-ring (bicyclic) bond motifs is 3. The van der Waals surface area contributed by atoms with Crippen molar-refractivity contribution >= 4 is 21.9 Å². The lowest BCUT2D eigenvalue weighted by Crippen LogP contribution is -1.76. The van der Waals surface area contributed by atoms with E-state index in [4.69, 9.17) is 4.42 Å². The van der Waals surface area contributed by atoms with Crippen LogP contribution in [0.2, 0.25) is 0 Å². The van der Waals surface area contributed by atoms with Crippen molar-refractivity contribution < 1.29 is 4.42 Å². The second kappa shape index (κ2) is 2.29. The molecule has 0 saturated heterocycles. The number of oxazole rings is 1. The first-order chi connectivity index (χ1) is 6.45. The van der Waals surface area contributed by atoms with Gasteiger partial charge < -0.3 is 4.42 Å². The molecule has 0 N–H and O–H groups in total. The zero-order valence-corrected chi connectivity index (χ0v) is 6.77. The van der Waals surface area contributed by atoms with E-state index in [0.29, 0.717) is 0 Å². The van der Waals surface area contributed by atoms with E-state index in [1.54, 1.807) is 12.4 Å². The summed E-state index contributed by atoms with van der Waals surface area (Å²) in [4.78, 5) is 8.20. The lowest BCUT2D eigenvalue weighted by Gasteiger charge is -1.94. The van der Waals surface area contributed by atoms with Crippen LogP contribution in [0.3, 0.4) is 0 Å². The number of aromatic nitrogens is 2. The molecule has 0 atom stereocenters. The standard InChI is InChI=1S/C10H6N2O/c1-2-9-10(12-6-13-9)8-5-11-4-3-7(1)8/h1-6H. The van der Waals surface area contributed by atoms with Crippen LogP contribution in [0.4, 0.5) is 0 Å². The number of hydrogen-bond acceptors (Lipinski definition) is 3. The van der Waals surface area contributed by atoms with Crippen molar-refractivity contribution in [3.8, 4) is 0 Å². The molecule has 62 valence electrons. The number of rotatable bonds is 0. The van der Waals surface area contributed by atoms with Gasteiger partial charge in [0.05, 0.1) is 0 Å². The zero-order chi connectivity index (χ0) is 8.67. The van der Waals surface area contributed by atoms with E-state index in [-0.39, 0.29) is 0 Å². The smallest absolute Gasteiger partial charge is 0.182 e. The molecule has 3 rings (SSSR count). The van der Waals surface area contributed by atoms with Gasteiger partial charge in [0.2, 0.25) is 0 Å². The third-order valence-corrected chi connectivity index (χ3v) is 2.12. The molecule has 3 heteroatoms. The van der Waals surface area contributed by atoms with Crippen LogP contribution in [0.5, 0.6) is 0 Å². The van der Waals surface area contributed by atoms with Crippen LogP contribution in [0.15, 0.2) is 41.4 Å². The first kappa shape index (κ1) is 6.60. The maximum Gasteiger partial charge on any atom is 0.182 e. The maximum absolute atomic E-state index is 5.19. The van der Waals surface area contributed by atoms with Crippen molar-refractivity contribution in [2.45, 2.75) is 0 Å². The molecule has 0 spiro atoms. The van der Waals surface area contributed by atoms with Crippen molar-refractivity contribution in [1.82, 2.24) is 9.97 Å². The molecule has 0 bridgehead atoms. The SMILES string of the molecule is c1cc2ccc3ocnc3c2cn1. The minimum Gasteiger partial charge on any atom is -0.443 e. The number of pyridine rings is 1. The average molecular weight is 170 g/mol. The molecule has 0 aliphatic heterocycles. The van der Waals surface area contributed by atoms with Crippen LogP contribution < -0.4 is 0 Å². The fraction of sp³-hybridized carbons (Fsp3) is 0. The highest BCUT2D eigenvalue weighted by Crippen LogP contribution is 2.22. The predicted octanol–water partition coefficient (Wildman–Crippen LogP) is 2.38. The highest BCUT2D eigenvalue weighted by Gasteiger charge is 2.02. The largest absolute Gasteiger partial charge is 0.443 e. The van der Waals surface area contributed by atoms with Crippen molar-refractivity contribution in [3.63, 3.8) is 0 Å². The second-order valence-electron chi connectivity index (χ2n) is 2.86. The number of benzene rings is 1. The van der Waals surface area contributed by atoms with Crippen molar-refractivity contribution in [2.75, 3.05) is 0 Å². The van der Waals surface area contributed by atoms with Gasteiger partial charge in [0.1, 0.15) is 5.52 Å². The van der Waals surface area contributed by atoms with Crippen molar-refractivity contribution in [1.29, 1.82) is 0 Å². The van der Waals surface area contributed by atoms with E-state index in [1.165, 1.54) is 6.39 Å². The highest BCUT2D eigenvalue weighted by molar-refractivity contribution is 6.02. The lowest BCUT2D eigenvalue weighted by atomic mass is 10.1. The Labute approximate surface area is 74.0 Å². The molecule has 0 aliphatic carbocycles. The van der Waals surface area contributed by atoms with Gasteiger partial charge in [-0.1, -0.05) is 6.07 Å². The summed E-state index contributed by atoms with van der Waals surface area (Å²) in [7, 11) is 0. The fourth-order valence-electron chi connectivity index (χ4n) is 1.49. The normalized spacial score (nSPS) is 11.1. The molecule has 1 aromatic carbocycles. The first-order valence-electron chi connectivity index (χ1n) is 4.01. The van der Waals surface area contributed by atoms with Crippen LogP contribution >= 0.6 is 0 Å². The van der Waals surface area contributed by atoms with E-state index in [1.807, 2.05) is 18.2 Å². The second-order valence-corrected chi connectivity index (χ2v) is 2.86. The van der Waals surface area contributed by atoms with E-state index in [0.717, 1.165) is 21.9 Å². The molecule has 0 amide bonds. The number of hydrogen-bond donors (Lipinski definition) is 0. The van der Waals surface area contributed by atoms with Crippen molar-refractivity contribution in [2.24, 2.45) is 0 Å². The third-order valence-electron chi connectivity index (χ3n) is 2.12. The molecule has 0 unspecified atom stereocenters. The van der Waals surface area contributed by atoms with Gasteiger partial charge in [0.25, 0.3) is 0 Å². The Kier molecular flexibility index (Phi) is 1.16. The van der Waals surface area contributed by atoms with Crippen LogP contribution in [-0.2, 0) is 0 Å². The third kappa shape index (κ3) is 0.839. The molecule has 3 nitrogen and oxygen atoms in total. The van der Waals surface area contributed by atoms with Gasteiger partial charge in [-0.15, -0.1) is 0 Å². The van der Waals surface area contributed by atoms with Crippen molar-refractivity contribution in [3.05, 3.63) is 37.0 Å². The van der Waals surface area contributed by atoms with Crippen LogP contribution in [-0.4, -0.2) is 9.97 Å². The Morgan fingerprint density at radius 3 is 3.15 bits per heavy atom. The summed E-state index contributed by atoms with van der Waals surface area (Å²) < 4.78 is 5.19. The van der Waals surface area contributed by atoms with Gasteiger partial charge in [0, 0.05) is 17.8 Å². The predicted molar refractivity (Wildman–Crippen MR) is 49.3 cm³/mol. The maximum atomic E-state index is 5.19. The molecule has 2 aromatic heterocycles. The minimum absolute atomic E-state index is 0.806. The molecular weight excluding hydrogens is 164 g/mol. The Hall–Kier alpha value is -1.90. The molecule has 0 aliphatic rings. The van der Waals surface area contributed by atoms with Gasteiger partial charge in [-0.2, -0.15) is 0 Å².